The van der Waals surface area contributed by atoms with Gasteiger partial charge in [-0.2, -0.15) is 0 Å². The van der Waals surface area contributed by atoms with E-state index in [9.17, 15) is 4.39 Å². The van der Waals surface area contributed by atoms with Crippen molar-refractivity contribution in [3.8, 4) is 0 Å². The largest absolute Gasteiger partial charge is 0.313 e. The zero-order valence-electron chi connectivity index (χ0n) is 13.6. The Balaban J connectivity index is 2.86. The van der Waals surface area contributed by atoms with E-state index in [1.807, 2.05) is 6.07 Å². The molecule has 0 spiro atoms. The highest BCUT2D eigenvalue weighted by molar-refractivity contribution is 9.10. The van der Waals surface area contributed by atoms with Crippen LogP contribution in [0.25, 0.3) is 0 Å². The third-order valence-corrected chi connectivity index (χ3v) is 4.77. The predicted molar refractivity (Wildman–Crippen MR) is 93.2 cm³/mol. The van der Waals surface area contributed by atoms with Crippen molar-refractivity contribution in [1.82, 2.24) is 5.32 Å². The van der Waals surface area contributed by atoms with E-state index in [1.54, 1.807) is 6.07 Å². The minimum atomic E-state index is -0.148. The average Bonchev–Trinajstić information content (AvgIpc) is 2.47. The molecule has 0 aliphatic carbocycles. The van der Waals surface area contributed by atoms with Gasteiger partial charge in [0.1, 0.15) is 5.82 Å². The Kier molecular flexibility index (Phi) is 9.18. The van der Waals surface area contributed by atoms with Gasteiger partial charge in [-0.25, -0.2) is 4.39 Å². The maximum absolute atomic E-state index is 13.5. The molecule has 1 N–H and O–H groups in total. The van der Waals surface area contributed by atoms with Crippen LogP contribution in [0.4, 0.5) is 4.39 Å². The summed E-state index contributed by atoms with van der Waals surface area (Å²) in [4.78, 5) is 0. The number of hydrogen-bond donors (Lipinski definition) is 1. The molecule has 0 bridgehead atoms. The molecule has 0 radical (unpaired) electrons. The van der Waals surface area contributed by atoms with Crippen molar-refractivity contribution in [1.29, 1.82) is 0 Å². The van der Waals surface area contributed by atoms with E-state index in [2.05, 4.69) is 42.0 Å². The van der Waals surface area contributed by atoms with Gasteiger partial charge in [0.25, 0.3) is 0 Å². The molecule has 1 rings (SSSR count). The maximum Gasteiger partial charge on any atom is 0.123 e. The lowest BCUT2D eigenvalue weighted by molar-refractivity contribution is 0.308. The summed E-state index contributed by atoms with van der Waals surface area (Å²) in [5.74, 6) is 0.520. The molecule has 0 aromatic heterocycles. The van der Waals surface area contributed by atoms with Crippen molar-refractivity contribution in [2.75, 3.05) is 6.54 Å². The molecule has 3 heteroatoms. The normalized spacial score (nSPS) is 12.9. The summed E-state index contributed by atoms with van der Waals surface area (Å²) in [6.07, 6.45) is 6.91. The molecule has 120 valence electrons. The van der Waals surface area contributed by atoms with Gasteiger partial charge < -0.3 is 5.32 Å². The molecule has 0 fully saturated rings. The van der Waals surface area contributed by atoms with E-state index in [4.69, 9.17) is 0 Å². The molecule has 0 aliphatic heterocycles. The Morgan fingerprint density at radius 3 is 2.33 bits per heavy atom. The van der Waals surface area contributed by atoms with Gasteiger partial charge >= 0.3 is 0 Å². The van der Waals surface area contributed by atoms with Gasteiger partial charge in [-0.15, -0.1) is 0 Å². The first kappa shape index (κ1) is 18.6. The molecule has 0 saturated heterocycles. The van der Waals surface area contributed by atoms with Gasteiger partial charge in [-0.05, 0) is 61.9 Å². The van der Waals surface area contributed by atoms with Crippen molar-refractivity contribution in [3.63, 3.8) is 0 Å². The highest BCUT2D eigenvalue weighted by Gasteiger charge is 2.21. The van der Waals surface area contributed by atoms with E-state index < -0.39 is 0 Å². The smallest absolute Gasteiger partial charge is 0.123 e. The molecule has 0 aliphatic rings. The fraction of sp³-hybridized carbons (Fsp3) is 0.667. The van der Waals surface area contributed by atoms with Crippen LogP contribution in [0, 0.1) is 11.7 Å². The lowest BCUT2D eigenvalue weighted by Crippen LogP contribution is -2.38. The summed E-state index contributed by atoms with van der Waals surface area (Å²) in [5, 5.41) is 3.69. The summed E-state index contributed by atoms with van der Waals surface area (Å²) in [6, 6.07) is 5.43. The van der Waals surface area contributed by atoms with Crippen LogP contribution in [0.1, 0.15) is 58.4 Å². The van der Waals surface area contributed by atoms with Crippen LogP contribution in [0.15, 0.2) is 22.7 Å². The Hall–Kier alpha value is -0.410. The molecule has 1 unspecified atom stereocenters. The van der Waals surface area contributed by atoms with Gasteiger partial charge in [0.15, 0.2) is 0 Å². The topological polar surface area (TPSA) is 12.0 Å². The van der Waals surface area contributed by atoms with Gasteiger partial charge in [0.05, 0.1) is 0 Å². The Bertz CT molecular complexity index is 402. The fourth-order valence-corrected chi connectivity index (χ4v) is 3.37. The molecule has 0 saturated carbocycles. The van der Waals surface area contributed by atoms with Crippen molar-refractivity contribution < 1.29 is 4.39 Å². The highest BCUT2D eigenvalue weighted by atomic mass is 79.9. The van der Waals surface area contributed by atoms with Crippen LogP contribution < -0.4 is 5.32 Å². The van der Waals surface area contributed by atoms with Crippen molar-refractivity contribution in [3.05, 3.63) is 34.1 Å². The lowest BCUT2D eigenvalue weighted by Gasteiger charge is -2.28. The Morgan fingerprint density at radius 2 is 1.76 bits per heavy atom. The summed E-state index contributed by atoms with van der Waals surface area (Å²) in [6.45, 7) is 7.72. The monoisotopic (exact) mass is 357 g/mol. The zero-order chi connectivity index (χ0) is 15.7. The third kappa shape index (κ3) is 6.48. The second-order valence-corrected chi connectivity index (χ2v) is 6.69. The van der Waals surface area contributed by atoms with Gasteiger partial charge in [0.2, 0.25) is 0 Å². The lowest BCUT2D eigenvalue weighted by atomic mass is 9.86. The van der Waals surface area contributed by atoms with Gasteiger partial charge in [0, 0.05) is 10.5 Å². The van der Waals surface area contributed by atoms with Crippen molar-refractivity contribution in [2.24, 2.45) is 5.92 Å². The van der Waals surface area contributed by atoms with Gasteiger partial charge in [-0.1, -0.05) is 49.5 Å². The molecule has 1 atom stereocenters. The molecule has 1 aromatic carbocycles. The standard InChI is InChI=1S/C18H29BrFN/c1-4-7-14(8-5-2)18(21-11-6-3)13-15-12-16(20)9-10-17(15)19/h9-10,12,14,18,21H,4-8,11,13H2,1-3H3. The minimum Gasteiger partial charge on any atom is -0.313 e. The second kappa shape index (κ2) is 10.3. The average molecular weight is 358 g/mol. The fourth-order valence-electron chi connectivity index (χ4n) is 2.96. The number of rotatable bonds is 10. The van der Waals surface area contributed by atoms with Crippen LogP contribution in [-0.2, 0) is 6.42 Å². The molecule has 1 aromatic rings. The highest BCUT2D eigenvalue weighted by Crippen LogP contribution is 2.25. The van der Waals surface area contributed by atoms with Crippen LogP contribution in [0.5, 0.6) is 0 Å². The predicted octanol–water partition coefficient (Wildman–Crippen LogP) is 5.72. The van der Waals surface area contributed by atoms with Crippen molar-refractivity contribution >= 4 is 15.9 Å². The Labute approximate surface area is 137 Å². The number of hydrogen-bond acceptors (Lipinski definition) is 1. The van der Waals surface area contributed by atoms with E-state index in [1.165, 1.54) is 31.7 Å². The molecule has 21 heavy (non-hydrogen) atoms. The van der Waals surface area contributed by atoms with Crippen LogP contribution in [-0.4, -0.2) is 12.6 Å². The number of halogens is 2. The first-order valence-corrected chi connectivity index (χ1v) is 9.08. The zero-order valence-corrected chi connectivity index (χ0v) is 15.2. The number of nitrogens with one attached hydrogen (secondary N) is 1. The van der Waals surface area contributed by atoms with E-state index in [-0.39, 0.29) is 5.82 Å². The summed E-state index contributed by atoms with van der Waals surface area (Å²) >= 11 is 3.56. The minimum absolute atomic E-state index is 0.148. The SMILES string of the molecule is CCCNC(Cc1cc(F)ccc1Br)C(CCC)CCC. The van der Waals surface area contributed by atoms with Crippen LogP contribution >= 0.6 is 15.9 Å². The molecule has 0 heterocycles. The Morgan fingerprint density at radius 1 is 1.10 bits per heavy atom. The van der Waals surface area contributed by atoms with E-state index in [0.717, 1.165) is 29.4 Å². The first-order chi connectivity index (χ1) is 10.1. The summed E-state index contributed by atoms with van der Waals surface area (Å²) in [7, 11) is 0. The van der Waals surface area contributed by atoms with E-state index in [0.29, 0.717) is 12.0 Å². The molecule has 1 nitrogen and oxygen atoms in total. The molecular weight excluding hydrogens is 329 g/mol. The molecular formula is C18H29BrFN. The maximum atomic E-state index is 13.5. The quantitative estimate of drug-likeness (QED) is 0.564. The van der Waals surface area contributed by atoms with E-state index >= 15 is 0 Å². The summed E-state index contributed by atoms with van der Waals surface area (Å²) in [5.41, 5.74) is 1.07. The van der Waals surface area contributed by atoms with Crippen LogP contribution in [0.3, 0.4) is 0 Å². The van der Waals surface area contributed by atoms with Crippen molar-refractivity contribution in [2.45, 2.75) is 65.3 Å². The summed E-state index contributed by atoms with van der Waals surface area (Å²) < 4.78 is 14.5. The first-order valence-electron chi connectivity index (χ1n) is 8.29. The van der Waals surface area contributed by atoms with Crippen LogP contribution in [0.2, 0.25) is 0 Å². The second-order valence-electron chi connectivity index (χ2n) is 5.84. The number of benzene rings is 1. The molecule has 0 amide bonds. The third-order valence-electron chi connectivity index (χ3n) is 3.99. The van der Waals surface area contributed by atoms with Gasteiger partial charge in [-0.3, -0.25) is 0 Å².